The van der Waals surface area contributed by atoms with Crippen LogP contribution in [0.2, 0.25) is 0 Å². The van der Waals surface area contributed by atoms with E-state index in [0.29, 0.717) is 23.9 Å². The Kier molecular flexibility index (Phi) is 4.04. The van der Waals surface area contributed by atoms with Crippen molar-refractivity contribution in [3.05, 3.63) is 24.3 Å². The van der Waals surface area contributed by atoms with Crippen molar-refractivity contribution in [1.29, 1.82) is 0 Å². The molecule has 0 bridgehead atoms. The highest BCUT2D eigenvalue weighted by molar-refractivity contribution is 6.58. The molecule has 1 fully saturated rings. The monoisotopic (exact) mass is 236 g/mol. The fourth-order valence-electron chi connectivity index (χ4n) is 1.96. The Morgan fingerprint density at radius 2 is 2.24 bits per heavy atom. The SMILES string of the molecule is CC1CCC(COc2cccc(B(O)O)c2)O1. The molecule has 1 heterocycles. The molecule has 0 spiro atoms. The minimum atomic E-state index is -1.46. The Hall–Kier alpha value is -1.04. The van der Waals surface area contributed by atoms with Gasteiger partial charge in [-0.1, -0.05) is 12.1 Å². The van der Waals surface area contributed by atoms with E-state index in [-0.39, 0.29) is 6.10 Å². The Morgan fingerprint density at radius 3 is 2.88 bits per heavy atom. The van der Waals surface area contributed by atoms with E-state index < -0.39 is 7.12 Å². The molecule has 17 heavy (non-hydrogen) atoms. The van der Waals surface area contributed by atoms with E-state index in [2.05, 4.69) is 6.92 Å². The van der Waals surface area contributed by atoms with Gasteiger partial charge < -0.3 is 19.5 Å². The zero-order valence-electron chi connectivity index (χ0n) is 9.87. The van der Waals surface area contributed by atoms with Gasteiger partial charge in [0.15, 0.2) is 0 Å². The molecule has 4 nitrogen and oxygen atoms in total. The third kappa shape index (κ3) is 3.46. The van der Waals surface area contributed by atoms with Gasteiger partial charge in [0.2, 0.25) is 0 Å². The minimum Gasteiger partial charge on any atom is -0.491 e. The number of benzene rings is 1. The molecule has 1 aliphatic heterocycles. The van der Waals surface area contributed by atoms with Gasteiger partial charge in [0.1, 0.15) is 12.4 Å². The summed E-state index contributed by atoms with van der Waals surface area (Å²) in [6.07, 6.45) is 2.55. The highest BCUT2D eigenvalue weighted by Crippen LogP contribution is 2.20. The van der Waals surface area contributed by atoms with Crippen LogP contribution < -0.4 is 10.2 Å². The van der Waals surface area contributed by atoms with Gasteiger partial charge in [-0.2, -0.15) is 0 Å². The van der Waals surface area contributed by atoms with Crippen molar-refractivity contribution in [3.63, 3.8) is 0 Å². The Bertz CT molecular complexity index is 369. The van der Waals surface area contributed by atoms with Crippen molar-refractivity contribution in [2.75, 3.05) is 6.61 Å². The average Bonchev–Trinajstić information content (AvgIpc) is 2.73. The molecule has 2 atom stereocenters. The highest BCUT2D eigenvalue weighted by atomic mass is 16.5. The first kappa shape index (κ1) is 12.4. The normalized spacial score (nSPS) is 23.7. The van der Waals surface area contributed by atoms with E-state index in [1.54, 1.807) is 24.3 Å². The maximum absolute atomic E-state index is 9.04. The summed E-state index contributed by atoms with van der Waals surface area (Å²) in [7, 11) is -1.46. The molecule has 0 aliphatic carbocycles. The van der Waals surface area contributed by atoms with Gasteiger partial charge in [0, 0.05) is 0 Å². The minimum absolute atomic E-state index is 0.146. The van der Waals surface area contributed by atoms with Gasteiger partial charge >= 0.3 is 7.12 Å². The average molecular weight is 236 g/mol. The van der Waals surface area contributed by atoms with Gasteiger partial charge in [-0.3, -0.25) is 0 Å². The number of hydrogen-bond acceptors (Lipinski definition) is 4. The predicted molar refractivity (Wildman–Crippen MR) is 65.3 cm³/mol. The molecule has 0 radical (unpaired) electrons. The van der Waals surface area contributed by atoms with Crippen LogP contribution in [0.3, 0.4) is 0 Å². The Morgan fingerprint density at radius 1 is 1.41 bits per heavy atom. The highest BCUT2D eigenvalue weighted by Gasteiger charge is 2.22. The van der Waals surface area contributed by atoms with Crippen molar-refractivity contribution >= 4 is 12.6 Å². The largest absolute Gasteiger partial charge is 0.491 e. The van der Waals surface area contributed by atoms with Crippen LogP contribution in [0.5, 0.6) is 5.75 Å². The van der Waals surface area contributed by atoms with Crippen LogP contribution in [-0.4, -0.2) is 36.0 Å². The summed E-state index contributed by atoms with van der Waals surface area (Å²) in [4.78, 5) is 0. The molecule has 2 unspecified atom stereocenters. The zero-order valence-corrected chi connectivity index (χ0v) is 9.87. The molecule has 0 amide bonds. The van der Waals surface area contributed by atoms with Gasteiger partial charge in [-0.15, -0.1) is 0 Å². The molecule has 1 aromatic rings. The second-order valence-corrected chi connectivity index (χ2v) is 4.40. The lowest BCUT2D eigenvalue weighted by molar-refractivity contribution is 0.0265. The standard InChI is InChI=1S/C12H17BO4/c1-9-5-6-12(17-9)8-16-11-4-2-3-10(7-11)13(14)15/h2-4,7,9,12,14-15H,5-6,8H2,1H3. The van der Waals surface area contributed by atoms with Crippen molar-refractivity contribution in [3.8, 4) is 5.75 Å². The summed E-state index contributed by atoms with van der Waals surface area (Å²) in [6.45, 7) is 2.57. The lowest BCUT2D eigenvalue weighted by atomic mass is 9.80. The lowest BCUT2D eigenvalue weighted by Crippen LogP contribution is -2.29. The molecule has 0 aromatic heterocycles. The Labute approximate surface area is 101 Å². The Balaban J connectivity index is 1.88. The topological polar surface area (TPSA) is 58.9 Å². The molecule has 5 heteroatoms. The molecule has 92 valence electrons. The first-order valence-corrected chi connectivity index (χ1v) is 5.89. The van der Waals surface area contributed by atoms with Gasteiger partial charge in [0.05, 0.1) is 12.2 Å². The predicted octanol–water partition coefficient (Wildman–Crippen LogP) is 0.313. The van der Waals surface area contributed by atoms with E-state index >= 15 is 0 Å². The summed E-state index contributed by atoms with van der Waals surface area (Å²) in [6, 6.07) is 6.81. The van der Waals surface area contributed by atoms with Gasteiger partial charge in [-0.05, 0) is 37.4 Å². The van der Waals surface area contributed by atoms with Gasteiger partial charge in [0.25, 0.3) is 0 Å². The molecule has 2 N–H and O–H groups in total. The van der Waals surface area contributed by atoms with Crippen molar-refractivity contribution in [2.24, 2.45) is 0 Å². The van der Waals surface area contributed by atoms with E-state index in [9.17, 15) is 0 Å². The van der Waals surface area contributed by atoms with Crippen LogP contribution in [0.15, 0.2) is 24.3 Å². The summed E-state index contributed by atoms with van der Waals surface area (Å²) >= 11 is 0. The zero-order chi connectivity index (χ0) is 12.3. The molecular formula is C12H17BO4. The third-order valence-corrected chi connectivity index (χ3v) is 2.91. The molecule has 0 saturated carbocycles. The van der Waals surface area contributed by atoms with Crippen LogP contribution >= 0.6 is 0 Å². The van der Waals surface area contributed by atoms with Crippen molar-refractivity contribution < 1.29 is 19.5 Å². The number of hydrogen-bond donors (Lipinski definition) is 2. The van der Waals surface area contributed by atoms with E-state index in [1.165, 1.54) is 0 Å². The fraction of sp³-hybridized carbons (Fsp3) is 0.500. The van der Waals surface area contributed by atoms with Crippen LogP contribution in [0.1, 0.15) is 19.8 Å². The maximum atomic E-state index is 9.04. The van der Waals surface area contributed by atoms with E-state index in [1.807, 2.05) is 0 Å². The first-order valence-electron chi connectivity index (χ1n) is 5.89. The van der Waals surface area contributed by atoms with Crippen LogP contribution in [0.25, 0.3) is 0 Å². The number of ether oxygens (including phenoxy) is 2. The van der Waals surface area contributed by atoms with Crippen LogP contribution in [-0.2, 0) is 4.74 Å². The quantitative estimate of drug-likeness (QED) is 0.739. The molecule has 2 rings (SSSR count). The summed E-state index contributed by atoms with van der Waals surface area (Å²) < 4.78 is 11.2. The van der Waals surface area contributed by atoms with Crippen LogP contribution in [0.4, 0.5) is 0 Å². The molecule has 1 saturated heterocycles. The summed E-state index contributed by atoms with van der Waals surface area (Å²) in [5.41, 5.74) is 0.434. The van der Waals surface area contributed by atoms with Gasteiger partial charge in [-0.25, -0.2) is 0 Å². The third-order valence-electron chi connectivity index (χ3n) is 2.91. The second kappa shape index (κ2) is 5.53. The van der Waals surface area contributed by atoms with E-state index in [0.717, 1.165) is 12.8 Å². The fourth-order valence-corrected chi connectivity index (χ4v) is 1.96. The second-order valence-electron chi connectivity index (χ2n) is 4.40. The van der Waals surface area contributed by atoms with Crippen molar-refractivity contribution in [1.82, 2.24) is 0 Å². The maximum Gasteiger partial charge on any atom is 0.488 e. The smallest absolute Gasteiger partial charge is 0.488 e. The van der Waals surface area contributed by atoms with E-state index in [4.69, 9.17) is 19.5 Å². The first-order chi connectivity index (χ1) is 8.15. The molecule has 1 aliphatic rings. The summed E-state index contributed by atoms with van der Waals surface area (Å²) in [5, 5.41) is 18.1. The molecular weight excluding hydrogens is 219 g/mol. The van der Waals surface area contributed by atoms with Crippen molar-refractivity contribution in [2.45, 2.75) is 32.0 Å². The summed E-state index contributed by atoms with van der Waals surface area (Å²) in [5.74, 6) is 0.638. The van der Waals surface area contributed by atoms with Crippen LogP contribution in [0, 0.1) is 0 Å². The lowest BCUT2D eigenvalue weighted by Gasteiger charge is -2.13. The number of rotatable bonds is 4. The molecule has 1 aromatic carbocycles.